The molecule has 0 aromatic rings. The molecule has 0 spiro atoms. The van der Waals surface area contributed by atoms with E-state index >= 15 is 0 Å². The van der Waals surface area contributed by atoms with Gasteiger partial charge in [-0.3, -0.25) is 9.59 Å². The van der Waals surface area contributed by atoms with Crippen LogP contribution in [0.3, 0.4) is 0 Å². The van der Waals surface area contributed by atoms with Crippen molar-refractivity contribution in [1.29, 1.82) is 0 Å². The van der Waals surface area contributed by atoms with Gasteiger partial charge in [0.2, 0.25) is 6.41 Å². The van der Waals surface area contributed by atoms with Gasteiger partial charge in [0, 0.05) is 17.5 Å². The number of aliphatic carboxylic acids is 1. The highest BCUT2D eigenvalue weighted by atomic mass is 16.4. The van der Waals surface area contributed by atoms with Crippen molar-refractivity contribution in [2.24, 2.45) is 5.92 Å². The van der Waals surface area contributed by atoms with Gasteiger partial charge in [-0.25, -0.2) is 0 Å². The number of carboxylic acid groups (broad SMARTS) is 1. The Labute approximate surface area is 117 Å². The third-order valence-electron chi connectivity index (χ3n) is 3.57. The summed E-state index contributed by atoms with van der Waals surface area (Å²) in [6, 6.07) is 0. The standard InChI is InChI=1S/C11H21NO.C4H8O2/c1-9-6-10(2,3)12(8-13)11(4,5)7-9;1-2-3-4(5)6/h8-9H,6-7H2,1-5H3;2-3H2,1H3,(H,5,6). The van der Waals surface area contributed by atoms with Gasteiger partial charge in [0.05, 0.1) is 0 Å². The molecular weight excluding hydrogens is 242 g/mol. The Morgan fingerprint density at radius 1 is 1.26 bits per heavy atom. The van der Waals surface area contributed by atoms with Crippen LogP contribution in [0.4, 0.5) is 0 Å². The molecule has 0 aliphatic carbocycles. The lowest BCUT2D eigenvalue weighted by Crippen LogP contribution is -2.59. The summed E-state index contributed by atoms with van der Waals surface area (Å²) >= 11 is 0. The zero-order chi connectivity index (χ0) is 15.3. The van der Waals surface area contributed by atoms with E-state index in [0.717, 1.165) is 25.7 Å². The lowest BCUT2D eigenvalue weighted by atomic mass is 9.75. The molecule has 1 aliphatic heterocycles. The first kappa shape index (κ1) is 17.9. The number of carbonyl (C=O) groups is 2. The molecule has 1 fully saturated rings. The summed E-state index contributed by atoms with van der Waals surface area (Å²) in [6.45, 7) is 12.7. The van der Waals surface area contributed by atoms with Crippen LogP contribution in [0.5, 0.6) is 0 Å². The fourth-order valence-electron chi connectivity index (χ4n) is 3.29. The Morgan fingerprint density at radius 2 is 1.68 bits per heavy atom. The van der Waals surface area contributed by atoms with Crippen molar-refractivity contribution in [3.05, 3.63) is 0 Å². The second kappa shape index (κ2) is 6.92. The Morgan fingerprint density at radius 3 is 1.89 bits per heavy atom. The molecule has 1 rings (SSSR count). The monoisotopic (exact) mass is 271 g/mol. The van der Waals surface area contributed by atoms with Gasteiger partial charge in [-0.2, -0.15) is 0 Å². The quantitative estimate of drug-likeness (QED) is 0.801. The molecule has 0 unspecified atom stereocenters. The molecule has 0 atom stereocenters. The van der Waals surface area contributed by atoms with Crippen LogP contribution in [0, 0.1) is 5.92 Å². The molecule has 19 heavy (non-hydrogen) atoms. The lowest BCUT2D eigenvalue weighted by molar-refractivity contribution is -0.137. The molecular formula is C15H29NO3. The smallest absolute Gasteiger partial charge is 0.303 e. The Balaban J connectivity index is 0.000000459. The average molecular weight is 271 g/mol. The lowest BCUT2D eigenvalue weighted by Gasteiger charge is -2.53. The predicted octanol–water partition coefficient (Wildman–Crippen LogP) is 3.30. The van der Waals surface area contributed by atoms with Gasteiger partial charge in [-0.15, -0.1) is 0 Å². The van der Waals surface area contributed by atoms with E-state index in [4.69, 9.17) is 5.11 Å². The molecule has 0 saturated carbocycles. The van der Waals surface area contributed by atoms with Crippen molar-refractivity contribution < 1.29 is 14.7 Å². The maximum Gasteiger partial charge on any atom is 0.303 e. The van der Waals surface area contributed by atoms with Crippen LogP contribution in [0.15, 0.2) is 0 Å². The van der Waals surface area contributed by atoms with E-state index in [2.05, 4.69) is 34.6 Å². The summed E-state index contributed by atoms with van der Waals surface area (Å²) in [5.74, 6) is -0.00120. The number of rotatable bonds is 3. The predicted molar refractivity (Wildman–Crippen MR) is 77.0 cm³/mol. The first-order chi connectivity index (χ1) is 8.56. The summed E-state index contributed by atoms with van der Waals surface area (Å²) in [5.41, 5.74) is 0.0336. The van der Waals surface area contributed by atoms with Crippen molar-refractivity contribution in [2.45, 2.75) is 78.3 Å². The minimum atomic E-state index is -0.711. The van der Waals surface area contributed by atoms with Crippen LogP contribution in [-0.2, 0) is 9.59 Å². The number of likely N-dealkylation sites (tertiary alicyclic amines) is 1. The molecule has 1 amide bonds. The third-order valence-corrected chi connectivity index (χ3v) is 3.57. The maximum atomic E-state index is 11.0. The van der Waals surface area contributed by atoms with E-state index in [1.807, 2.05) is 11.8 Å². The second-order valence-corrected chi connectivity index (χ2v) is 6.76. The highest BCUT2D eigenvalue weighted by Crippen LogP contribution is 2.39. The summed E-state index contributed by atoms with van der Waals surface area (Å²) in [4.78, 5) is 22.6. The van der Waals surface area contributed by atoms with Gasteiger partial charge in [0.15, 0.2) is 0 Å². The van der Waals surface area contributed by atoms with E-state index in [1.165, 1.54) is 0 Å². The topological polar surface area (TPSA) is 57.6 Å². The molecule has 1 aliphatic rings. The number of hydrogen-bond acceptors (Lipinski definition) is 2. The van der Waals surface area contributed by atoms with Crippen molar-refractivity contribution in [3.63, 3.8) is 0 Å². The molecule has 0 aromatic heterocycles. The molecule has 1 saturated heterocycles. The zero-order valence-electron chi connectivity index (χ0n) is 13.2. The van der Waals surface area contributed by atoms with Crippen molar-refractivity contribution in [3.8, 4) is 0 Å². The van der Waals surface area contributed by atoms with E-state index in [-0.39, 0.29) is 11.1 Å². The number of hydrogen-bond donors (Lipinski definition) is 1. The van der Waals surface area contributed by atoms with Crippen LogP contribution in [0.1, 0.15) is 67.2 Å². The number of carboxylic acids is 1. The van der Waals surface area contributed by atoms with Crippen molar-refractivity contribution >= 4 is 12.4 Å². The van der Waals surface area contributed by atoms with E-state index < -0.39 is 5.97 Å². The first-order valence-corrected chi connectivity index (χ1v) is 7.03. The summed E-state index contributed by atoms with van der Waals surface area (Å²) < 4.78 is 0. The highest BCUT2D eigenvalue weighted by molar-refractivity contribution is 5.66. The molecule has 0 aromatic carbocycles. The van der Waals surface area contributed by atoms with Crippen LogP contribution in [0.25, 0.3) is 0 Å². The average Bonchev–Trinajstić information content (AvgIpc) is 2.13. The Hall–Kier alpha value is -1.06. The SMILES string of the molecule is CC1CC(C)(C)N(C=O)C(C)(C)C1.CCCC(=O)O. The number of carbonyl (C=O) groups excluding carboxylic acids is 1. The highest BCUT2D eigenvalue weighted by Gasteiger charge is 2.42. The van der Waals surface area contributed by atoms with Crippen LogP contribution in [-0.4, -0.2) is 33.5 Å². The number of piperidine rings is 1. The van der Waals surface area contributed by atoms with Crippen LogP contribution in [0.2, 0.25) is 0 Å². The molecule has 112 valence electrons. The van der Waals surface area contributed by atoms with Gasteiger partial charge in [0.25, 0.3) is 0 Å². The Kier molecular flexibility index (Phi) is 6.53. The molecule has 4 heteroatoms. The zero-order valence-corrected chi connectivity index (χ0v) is 13.2. The van der Waals surface area contributed by atoms with E-state index in [0.29, 0.717) is 12.3 Å². The number of nitrogens with zero attached hydrogens (tertiary/aromatic N) is 1. The van der Waals surface area contributed by atoms with Crippen molar-refractivity contribution in [2.75, 3.05) is 0 Å². The van der Waals surface area contributed by atoms with E-state index in [9.17, 15) is 9.59 Å². The maximum absolute atomic E-state index is 11.0. The van der Waals surface area contributed by atoms with Gasteiger partial charge >= 0.3 is 5.97 Å². The minimum Gasteiger partial charge on any atom is -0.481 e. The third kappa shape index (κ3) is 5.62. The van der Waals surface area contributed by atoms with E-state index in [1.54, 1.807) is 0 Å². The van der Waals surface area contributed by atoms with Crippen molar-refractivity contribution in [1.82, 2.24) is 4.90 Å². The summed E-state index contributed by atoms with van der Waals surface area (Å²) in [5, 5.41) is 7.91. The summed E-state index contributed by atoms with van der Waals surface area (Å²) in [7, 11) is 0. The number of amides is 1. The molecule has 1 N–H and O–H groups in total. The van der Waals surface area contributed by atoms with Gasteiger partial charge in [-0.1, -0.05) is 13.8 Å². The van der Waals surface area contributed by atoms with Crippen LogP contribution >= 0.6 is 0 Å². The van der Waals surface area contributed by atoms with Crippen LogP contribution < -0.4 is 0 Å². The fourth-order valence-corrected chi connectivity index (χ4v) is 3.29. The normalized spacial score (nSPS) is 21.3. The minimum absolute atomic E-state index is 0.0168. The largest absolute Gasteiger partial charge is 0.481 e. The first-order valence-electron chi connectivity index (χ1n) is 7.03. The fraction of sp³-hybridized carbons (Fsp3) is 0.867. The Bertz CT molecular complexity index is 293. The van der Waals surface area contributed by atoms with Gasteiger partial charge in [0.1, 0.15) is 0 Å². The van der Waals surface area contributed by atoms with Gasteiger partial charge < -0.3 is 10.0 Å². The molecule has 4 nitrogen and oxygen atoms in total. The summed E-state index contributed by atoms with van der Waals surface area (Å²) in [6.07, 6.45) is 4.24. The van der Waals surface area contributed by atoms with Gasteiger partial charge in [-0.05, 0) is 52.9 Å². The second-order valence-electron chi connectivity index (χ2n) is 6.76. The molecule has 0 radical (unpaired) electrons. The molecule has 0 bridgehead atoms. The molecule has 1 heterocycles.